The van der Waals surface area contributed by atoms with E-state index in [2.05, 4.69) is 29.1 Å². The van der Waals surface area contributed by atoms with E-state index in [-0.39, 0.29) is 6.42 Å². The van der Waals surface area contributed by atoms with Gasteiger partial charge in [-0.15, -0.1) is 0 Å². The minimum Gasteiger partial charge on any atom is -0.481 e. The molecule has 6 heteroatoms. The van der Waals surface area contributed by atoms with Crippen molar-refractivity contribution in [3.05, 3.63) is 12.4 Å². The number of aliphatic carboxylic acids is 1. The van der Waals surface area contributed by atoms with Crippen LogP contribution in [0.2, 0.25) is 0 Å². The average molecular weight is 290 g/mol. The van der Waals surface area contributed by atoms with Crippen LogP contribution >= 0.6 is 11.8 Å². The Morgan fingerprint density at radius 2 is 2.05 bits per heavy atom. The van der Waals surface area contributed by atoms with E-state index < -0.39 is 5.97 Å². The molecule has 0 radical (unpaired) electrons. The predicted molar refractivity (Wildman–Crippen MR) is 80.2 cm³/mol. The number of hydrogen-bond donors (Lipinski definition) is 1. The van der Waals surface area contributed by atoms with Crippen molar-refractivity contribution in [3.8, 4) is 0 Å². The lowest BCUT2D eigenvalue weighted by atomic mass is 10.5. The molecule has 0 aromatic heterocycles. The molecule has 112 valence electrons. The highest BCUT2D eigenvalue weighted by atomic mass is 32.2. The fourth-order valence-electron chi connectivity index (χ4n) is 1.38. The van der Waals surface area contributed by atoms with Gasteiger partial charge in [0.15, 0.2) is 0 Å². The first kappa shape index (κ1) is 18.1. The second kappa shape index (κ2) is 12.2. The summed E-state index contributed by atoms with van der Waals surface area (Å²) < 4.78 is 5.27. The van der Waals surface area contributed by atoms with Crippen molar-refractivity contribution in [2.75, 3.05) is 45.0 Å². The molecule has 0 saturated heterocycles. The zero-order valence-corrected chi connectivity index (χ0v) is 13.0. The number of carboxylic acid groups (broad SMARTS) is 1. The van der Waals surface area contributed by atoms with Crippen molar-refractivity contribution in [1.82, 2.24) is 9.80 Å². The Hall–Kier alpha value is -0.880. The van der Waals surface area contributed by atoms with Gasteiger partial charge in [0.1, 0.15) is 0 Å². The van der Waals surface area contributed by atoms with Crippen LogP contribution in [0.3, 0.4) is 0 Å². The highest BCUT2D eigenvalue weighted by molar-refractivity contribution is 7.98. The van der Waals surface area contributed by atoms with Gasteiger partial charge in [-0.3, -0.25) is 4.79 Å². The van der Waals surface area contributed by atoms with E-state index in [0.717, 1.165) is 38.7 Å². The third-order valence-corrected chi connectivity index (χ3v) is 3.12. The number of ether oxygens (including phenoxy) is 1. The molecule has 0 amide bonds. The van der Waals surface area contributed by atoms with Crippen LogP contribution in [-0.4, -0.2) is 65.9 Å². The van der Waals surface area contributed by atoms with Gasteiger partial charge in [0.2, 0.25) is 0 Å². The van der Waals surface area contributed by atoms with Crippen LogP contribution in [0.15, 0.2) is 12.4 Å². The average Bonchev–Trinajstić information content (AvgIpc) is 2.85. The fraction of sp³-hybridized carbons (Fsp3) is 0.769. The maximum absolute atomic E-state index is 9.74. The Kier molecular flexibility index (Phi) is 11.6. The molecule has 19 heavy (non-hydrogen) atoms. The number of thioether (sulfide) groups is 1. The molecule has 1 heterocycles. The molecular formula is C13H26N2O3S. The Balaban J connectivity index is 0.000000399. The van der Waals surface area contributed by atoms with Crippen LogP contribution in [0.4, 0.5) is 0 Å². The Labute approximate surface area is 120 Å². The van der Waals surface area contributed by atoms with E-state index in [0.29, 0.717) is 0 Å². The van der Waals surface area contributed by atoms with Crippen molar-refractivity contribution < 1.29 is 14.6 Å². The van der Waals surface area contributed by atoms with Crippen LogP contribution in [0.25, 0.3) is 0 Å². The zero-order valence-electron chi connectivity index (χ0n) is 12.2. The van der Waals surface area contributed by atoms with Crippen molar-refractivity contribution in [3.63, 3.8) is 0 Å². The Morgan fingerprint density at radius 1 is 1.37 bits per heavy atom. The van der Waals surface area contributed by atoms with Crippen LogP contribution in [0.5, 0.6) is 0 Å². The Morgan fingerprint density at radius 3 is 2.47 bits per heavy atom. The van der Waals surface area contributed by atoms with Crippen molar-refractivity contribution in [1.29, 1.82) is 0 Å². The third-order valence-electron chi connectivity index (χ3n) is 2.50. The molecule has 1 aliphatic heterocycles. The summed E-state index contributed by atoms with van der Waals surface area (Å²) in [6, 6.07) is 0. The Bertz CT molecular complexity index is 262. The van der Waals surface area contributed by atoms with Crippen molar-refractivity contribution >= 4 is 17.7 Å². The number of hydrogen-bond acceptors (Lipinski definition) is 5. The van der Waals surface area contributed by atoms with Gasteiger partial charge in [-0.05, 0) is 20.1 Å². The molecule has 0 atom stereocenters. The quantitative estimate of drug-likeness (QED) is 0.689. The lowest BCUT2D eigenvalue weighted by Gasteiger charge is -2.19. The standard InChI is InChI=1S/C9H18N2O.C4H8O2S/c1-3-10-5-6-11(9-10)7-8-12-4-2;1-7-3-2-4(5)6/h5-6H,3-4,7-9H2,1-2H3;2-3H2,1H3,(H,5,6). The smallest absolute Gasteiger partial charge is 0.304 e. The molecule has 0 bridgehead atoms. The molecule has 0 spiro atoms. The van der Waals surface area contributed by atoms with Crippen molar-refractivity contribution in [2.24, 2.45) is 0 Å². The SMILES string of the molecule is CCOCCN1C=CN(CC)C1.CSCCC(=O)O. The topological polar surface area (TPSA) is 53.0 Å². The van der Waals surface area contributed by atoms with Gasteiger partial charge in [-0.25, -0.2) is 0 Å². The lowest BCUT2D eigenvalue weighted by Crippen LogP contribution is -2.27. The normalized spacial score (nSPS) is 13.4. The predicted octanol–water partition coefficient (Wildman–Crippen LogP) is 1.91. The third kappa shape index (κ3) is 10.7. The fourth-order valence-corrected chi connectivity index (χ4v) is 1.76. The second-order valence-electron chi connectivity index (χ2n) is 3.99. The summed E-state index contributed by atoms with van der Waals surface area (Å²) in [4.78, 5) is 14.3. The molecule has 0 unspecified atom stereocenters. The second-order valence-corrected chi connectivity index (χ2v) is 4.98. The summed E-state index contributed by atoms with van der Waals surface area (Å²) in [7, 11) is 0. The number of rotatable bonds is 8. The van der Waals surface area contributed by atoms with Crippen LogP contribution < -0.4 is 0 Å². The molecular weight excluding hydrogens is 264 g/mol. The number of carbonyl (C=O) groups is 1. The van der Waals surface area contributed by atoms with Gasteiger partial charge in [0, 0.05) is 37.8 Å². The first-order valence-corrected chi connectivity index (χ1v) is 7.98. The van der Waals surface area contributed by atoms with Gasteiger partial charge in [-0.2, -0.15) is 11.8 Å². The maximum Gasteiger partial charge on any atom is 0.304 e. The summed E-state index contributed by atoms with van der Waals surface area (Å²) in [5, 5.41) is 8.03. The van der Waals surface area contributed by atoms with E-state index >= 15 is 0 Å². The first-order chi connectivity index (χ1) is 9.13. The summed E-state index contributed by atoms with van der Waals surface area (Å²) >= 11 is 1.55. The van der Waals surface area contributed by atoms with Gasteiger partial charge < -0.3 is 19.6 Å². The molecule has 5 nitrogen and oxygen atoms in total. The molecule has 1 aliphatic rings. The largest absolute Gasteiger partial charge is 0.481 e. The molecule has 0 aromatic rings. The van der Waals surface area contributed by atoms with E-state index in [1.54, 1.807) is 11.8 Å². The molecule has 0 saturated carbocycles. The van der Waals surface area contributed by atoms with Crippen LogP contribution in [0.1, 0.15) is 20.3 Å². The summed E-state index contributed by atoms with van der Waals surface area (Å²) in [6.45, 7) is 8.94. The van der Waals surface area contributed by atoms with Gasteiger partial charge in [-0.1, -0.05) is 0 Å². The summed E-state index contributed by atoms with van der Waals surface area (Å²) in [5.74, 6) is 0.00403. The van der Waals surface area contributed by atoms with E-state index in [1.807, 2.05) is 13.2 Å². The lowest BCUT2D eigenvalue weighted by molar-refractivity contribution is -0.136. The van der Waals surface area contributed by atoms with E-state index in [1.165, 1.54) is 0 Å². The first-order valence-electron chi connectivity index (χ1n) is 6.58. The molecule has 1 N–H and O–H groups in total. The van der Waals surface area contributed by atoms with Crippen LogP contribution in [0, 0.1) is 0 Å². The molecule has 1 rings (SSSR count). The monoisotopic (exact) mass is 290 g/mol. The minimum absolute atomic E-state index is 0.279. The van der Waals surface area contributed by atoms with E-state index in [4.69, 9.17) is 9.84 Å². The summed E-state index contributed by atoms with van der Waals surface area (Å²) in [5.41, 5.74) is 0. The van der Waals surface area contributed by atoms with Gasteiger partial charge in [0.05, 0.1) is 19.7 Å². The van der Waals surface area contributed by atoms with Gasteiger partial charge >= 0.3 is 5.97 Å². The highest BCUT2D eigenvalue weighted by Gasteiger charge is 2.08. The molecule has 0 aromatic carbocycles. The maximum atomic E-state index is 9.74. The number of nitrogens with zero attached hydrogens (tertiary/aromatic N) is 2. The minimum atomic E-state index is -0.714. The number of carboxylic acids is 1. The van der Waals surface area contributed by atoms with Crippen LogP contribution in [-0.2, 0) is 9.53 Å². The highest BCUT2D eigenvalue weighted by Crippen LogP contribution is 2.04. The zero-order chi connectivity index (χ0) is 14.5. The molecule has 0 fully saturated rings. The molecule has 0 aliphatic carbocycles. The van der Waals surface area contributed by atoms with Crippen molar-refractivity contribution in [2.45, 2.75) is 20.3 Å². The van der Waals surface area contributed by atoms with E-state index in [9.17, 15) is 4.79 Å². The summed E-state index contributed by atoms with van der Waals surface area (Å²) in [6.07, 6.45) is 6.43. The van der Waals surface area contributed by atoms with Gasteiger partial charge in [0.25, 0.3) is 0 Å².